The molecule has 0 saturated carbocycles. The molecule has 0 aliphatic carbocycles. The van der Waals surface area contributed by atoms with Crippen LogP contribution in [-0.4, -0.2) is 72.6 Å². The summed E-state index contributed by atoms with van der Waals surface area (Å²) in [5.74, 6) is 1.28. The molecule has 15 heteroatoms. The summed E-state index contributed by atoms with van der Waals surface area (Å²) < 4.78 is 25.2. The molecule has 356 valence electrons. The van der Waals surface area contributed by atoms with Crippen LogP contribution in [0.4, 0.5) is 0 Å². The van der Waals surface area contributed by atoms with Crippen molar-refractivity contribution in [2.24, 2.45) is 10.2 Å². The number of hydrogen-bond donors (Lipinski definition) is 2. The predicted octanol–water partition coefficient (Wildman–Crippen LogP) is 12.6. The molecule has 2 aromatic heterocycles. The minimum absolute atomic E-state index is 0.110. The Labute approximate surface area is 385 Å². The Morgan fingerprint density at radius 3 is 1.24 bits per heavy atom. The van der Waals surface area contributed by atoms with E-state index in [4.69, 9.17) is 17.7 Å². The van der Waals surface area contributed by atoms with Crippen LogP contribution in [0.15, 0.2) is 46.9 Å². The van der Waals surface area contributed by atoms with Gasteiger partial charge in [-0.1, -0.05) is 117 Å². The number of aromatic nitrogens is 2. The van der Waals surface area contributed by atoms with E-state index >= 15 is 0 Å². The van der Waals surface area contributed by atoms with Gasteiger partial charge in [0.25, 0.3) is 0 Å². The molecule has 0 atom stereocenters. The highest BCUT2D eigenvalue weighted by atomic mass is 28.5. The SMILES string of the molecule is CCCCCCCCCCOc1ccc(/C=N/NC(=O)CCCC[Si](C)(C)O[Si](C)(C)O[Si](C)(C)CCCCC(=O)N/N=C/c2ccc(OCCCCCCCCCC)cn2)nc1. The summed E-state index contributed by atoms with van der Waals surface area (Å²) in [4.78, 5) is 33.7. The Bertz CT molecular complexity index is 1450. The van der Waals surface area contributed by atoms with Crippen LogP contribution in [0, 0.1) is 0 Å². The minimum Gasteiger partial charge on any atom is -0.492 e. The molecular formula is C48H86N6O6Si3. The van der Waals surface area contributed by atoms with Gasteiger partial charge in [-0.25, -0.2) is 10.9 Å². The Balaban J connectivity index is 1.55. The van der Waals surface area contributed by atoms with Crippen LogP contribution in [-0.2, 0) is 17.8 Å². The molecule has 63 heavy (non-hydrogen) atoms. The fraction of sp³-hybridized carbons (Fsp3) is 0.708. The summed E-state index contributed by atoms with van der Waals surface area (Å²) in [5, 5.41) is 8.20. The van der Waals surface area contributed by atoms with Gasteiger partial charge in [0.2, 0.25) is 11.8 Å². The molecule has 0 radical (unpaired) electrons. The van der Waals surface area contributed by atoms with E-state index in [-0.39, 0.29) is 11.8 Å². The molecule has 0 aliphatic heterocycles. The molecule has 0 spiro atoms. The van der Waals surface area contributed by atoms with Gasteiger partial charge in [0.15, 0.2) is 16.6 Å². The molecule has 2 rings (SSSR count). The molecule has 0 unspecified atom stereocenters. The van der Waals surface area contributed by atoms with Crippen molar-refractivity contribution in [1.29, 1.82) is 0 Å². The number of unbranched alkanes of at least 4 members (excludes halogenated alkanes) is 16. The molecule has 12 nitrogen and oxygen atoms in total. The highest BCUT2D eigenvalue weighted by molar-refractivity contribution is 6.87. The predicted molar refractivity (Wildman–Crippen MR) is 268 cm³/mol. The fourth-order valence-corrected chi connectivity index (χ4v) is 21.7. The topological polar surface area (TPSA) is 146 Å². The normalized spacial score (nSPS) is 12.3. The van der Waals surface area contributed by atoms with Crippen molar-refractivity contribution in [2.75, 3.05) is 13.2 Å². The van der Waals surface area contributed by atoms with Crippen molar-refractivity contribution in [1.82, 2.24) is 20.8 Å². The van der Waals surface area contributed by atoms with Crippen molar-refractivity contribution in [3.05, 3.63) is 48.0 Å². The van der Waals surface area contributed by atoms with Gasteiger partial charge in [-0.15, -0.1) is 0 Å². The maximum absolute atomic E-state index is 12.4. The Kier molecular flexibility index (Phi) is 29.5. The number of pyridine rings is 2. The number of ether oxygens (including phenoxy) is 2. The lowest BCUT2D eigenvalue weighted by Crippen LogP contribution is -2.52. The van der Waals surface area contributed by atoms with Gasteiger partial charge in [0.05, 0.1) is 49.4 Å². The van der Waals surface area contributed by atoms with E-state index < -0.39 is 25.2 Å². The van der Waals surface area contributed by atoms with E-state index in [0.717, 1.165) is 62.1 Å². The zero-order valence-electron chi connectivity index (χ0n) is 40.7. The number of rotatable bonds is 38. The maximum Gasteiger partial charge on any atom is 0.311 e. The van der Waals surface area contributed by atoms with Gasteiger partial charge in [0, 0.05) is 12.8 Å². The van der Waals surface area contributed by atoms with Crippen LogP contribution in [0.2, 0.25) is 51.4 Å². The minimum atomic E-state index is -2.38. The Morgan fingerprint density at radius 1 is 0.524 bits per heavy atom. The average Bonchev–Trinajstić information content (AvgIpc) is 3.23. The quantitative estimate of drug-likeness (QED) is 0.0293. The van der Waals surface area contributed by atoms with Crippen LogP contribution in [0.5, 0.6) is 11.5 Å². The third-order valence-corrected chi connectivity index (χ3v) is 22.2. The zero-order valence-corrected chi connectivity index (χ0v) is 43.7. The molecule has 0 aliphatic rings. The highest BCUT2D eigenvalue weighted by Crippen LogP contribution is 2.27. The van der Waals surface area contributed by atoms with Crippen LogP contribution < -0.4 is 20.3 Å². The molecule has 0 saturated heterocycles. The van der Waals surface area contributed by atoms with Crippen molar-refractivity contribution in [3.8, 4) is 11.5 Å². The zero-order chi connectivity index (χ0) is 46.1. The number of nitrogens with zero attached hydrogens (tertiary/aromatic N) is 4. The second-order valence-corrected chi connectivity index (χ2v) is 31.1. The molecule has 2 aromatic rings. The molecule has 2 heterocycles. The first-order chi connectivity index (χ1) is 30.2. The van der Waals surface area contributed by atoms with Crippen molar-refractivity contribution in [3.63, 3.8) is 0 Å². The van der Waals surface area contributed by atoms with Crippen LogP contribution in [0.25, 0.3) is 0 Å². The molecule has 0 aromatic carbocycles. The fourth-order valence-electron chi connectivity index (χ4n) is 7.54. The van der Waals surface area contributed by atoms with Gasteiger partial charge in [0.1, 0.15) is 11.5 Å². The van der Waals surface area contributed by atoms with Gasteiger partial charge in [-0.05, 0) is 101 Å². The molecule has 0 fully saturated rings. The van der Waals surface area contributed by atoms with E-state index in [1.165, 1.54) is 89.9 Å². The van der Waals surface area contributed by atoms with E-state index in [0.29, 0.717) is 37.4 Å². The second kappa shape index (κ2) is 33.3. The Morgan fingerprint density at radius 2 is 0.889 bits per heavy atom. The van der Waals surface area contributed by atoms with Crippen LogP contribution >= 0.6 is 0 Å². The molecule has 2 amide bonds. The van der Waals surface area contributed by atoms with Crippen LogP contribution in [0.3, 0.4) is 0 Å². The van der Waals surface area contributed by atoms with Crippen molar-refractivity contribution < 1.29 is 27.3 Å². The molecule has 0 bridgehead atoms. The lowest BCUT2D eigenvalue weighted by atomic mass is 10.1. The first-order valence-electron chi connectivity index (χ1n) is 24.4. The van der Waals surface area contributed by atoms with Gasteiger partial charge < -0.3 is 17.7 Å². The van der Waals surface area contributed by atoms with E-state index in [1.54, 1.807) is 24.8 Å². The molecular weight excluding hydrogens is 841 g/mol. The van der Waals surface area contributed by atoms with Gasteiger partial charge >= 0.3 is 8.56 Å². The smallest absolute Gasteiger partial charge is 0.311 e. The standard InChI is InChI=1S/C48H86N6O6Si3/c1-9-11-13-15-17-19-21-25-35-57-45-33-31-43(49-41-45)39-51-53-47(55)29-23-27-37-61(3,4)59-63(7,8)60-62(5,6)38-28-24-30-48(56)54-52-40-44-32-34-46(42-50-44)58-36-26-22-20-18-16-14-12-10-2/h31-34,39-42H,9-30,35-38H2,1-8H3,(H,53,55)(H,54,56)/b51-39+,52-40+. The van der Waals surface area contributed by atoms with Gasteiger partial charge in [-0.3, -0.25) is 19.6 Å². The largest absolute Gasteiger partial charge is 0.492 e. The van der Waals surface area contributed by atoms with Crippen LogP contribution in [0.1, 0.15) is 166 Å². The first kappa shape index (κ1) is 55.9. The highest BCUT2D eigenvalue weighted by Gasteiger charge is 2.39. The Hall–Kier alpha value is -3.25. The number of carbonyl (C=O) groups excluding carboxylic acids is 2. The maximum atomic E-state index is 12.4. The summed E-state index contributed by atoms with van der Waals surface area (Å²) in [5.41, 5.74) is 6.58. The lowest BCUT2D eigenvalue weighted by molar-refractivity contribution is -0.122. The summed E-state index contributed by atoms with van der Waals surface area (Å²) in [7, 11) is -6.40. The van der Waals surface area contributed by atoms with E-state index in [9.17, 15) is 9.59 Å². The summed E-state index contributed by atoms with van der Waals surface area (Å²) >= 11 is 0. The van der Waals surface area contributed by atoms with Gasteiger partial charge in [-0.2, -0.15) is 10.2 Å². The summed E-state index contributed by atoms with van der Waals surface area (Å²) in [6.45, 7) is 19.2. The third kappa shape index (κ3) is 30.5. The molecule has 2 N–H and O–H groups in total. The number of carbonyl (C=O) groups is 2. The van der Waals surface area contributed by atoms with Crippen molar-refractivity contribution >= 4 is 49.4 Å². The monoisotopic (exact) mass is 927 g/mol. The summed E-state index contributed by atoms with van der Waals surface area (Å²) in [6.07, 6.45) is 31.0. The van der Waals surface area contributed by atoms with E-state index in [2.05, 4.69) is 84.2 Å². The lowest BCUT2D eigenvalue weighted by Gasteiger charge is -2.38. The number of nitrogens with one attached hydrogen (secondary N) is 2. The number of amides is 2. The first-order valence-corrected chi connectivity index (χ1v) is 33.5. The average molecular weight is 928 g/mol. The second-order valence-electron chi connectivity index (χ2n) is 18.6. The number of hydrogen-bond acceptors (Lipinski definition) is 10. The van der Waals surface area contributed by atoms with E-state index in [1.807, 2.05) is 24.3 Å². The number of hydrazone groups is 2. The van der Waals surface area contributed by atoms with Crippen molar-refractivity contribution in [2.45, 2.75) is 206 Å². The summed E-state index contributed by atoms with van der Waals surface area (Å²) in [6, 6.07) is 9.38. The third-order valence-electron chi connectivity index (χ3n) is 10.7.